The molecule has 24 heavy (non-hydrogen) atoms. The van der Waals surface area contributed by atoms with Crippen molar-refractivity contribution in [2.75, 3.05) is 19.6 Å². The highest BCUT2D eigenvalue weighted by molar-refractivity contribution is 6.36. The third kappa shape index (κ3) is 3.91. The van der Waals surface area contributed by atoms with Gasteiger partial charge in [0.1, 0.15) is 0 Å². The summed E-state index contributed by atoms with van der Waals surface area (Å²) in [6.07, 6.45) is 2.49. The Morgan fingerprint density at radius 2 is 2.29 bits per heavy atom. The zero-order valence-electron chi connectivity index (χ0n) is 13.4. The highest BCUT2D eigenvalue weighted by Gasteiger charge is 2.23. The predicted molar refractivity (Wildman–Crippen MR) is 94.3 cm³/mol. The fourth-order valence-electron chi connectivity index (χ4n) is 2.81. The Labute approximate surface area is 150 Å². The van der Waals surface area contributed by atoms with Crippen molar-refractivity contribution in [1.29, 1.82) is 0 Å². The predicted octanol–water partition coefficient (Wildman–Crippen LogP) is 3.40. The summed E-state index contributed by atoms with van der Waals surface area (Å²) in [5.41, 5.74) is 0.738. The summed E-state index contributed by atoms with van der Waals surface area (Å²) in [5, 5.41) is 4.36. The molecule has 1 aliphatic rings. The van der Waals surface area contributed by atoms with Crippen LogP contribution in [0.5, 0.6) is 0 Å². The van der Waals surface area contributed by atoms with E-state index in [1.807, 2.05) is 4.90 Å². The van der Waals surface area contributed by atoms with Crippen molar-refractivity contribution in [3.8, 4) is 11.3 Å². The molecule has 128 valence electrons. The van der Waals surface area contributed by atoms with Gasteiger partial charge in [0, 0.05) is 49.1 Å². The van der Waals surface area contributed by atoms with E-state index in [0.29, 0.717) is 34.5 Å². The standard InChI is InChI=1S/C17H19Cl2N3O2/c1-11-9-20-6-7-22(11)17(23)5-4-16-21-10-15(24-16)13-3-2-12(18)8-14(13)19/h2-3,8,10-11,20H,4-7,9H2,1H3. The molecular formula is C17H19Cl2N3O2. The van der Waals surface area contributed by atoms with E-state index >= 15 is 0 Å². The van der Waals surface area contributed by atoms with Crippen molar-refractivity contribution in [2.45, 2.75) is 25.8 Å². The first-order chi connectivity index (χ1) is 11.5. The van der Waals surface area contributed by atoms with Gasteiger partial charge in [0.05, 0.1) is 11.2 Å². The normalized spacial score (nSPS) is 18.0. The molecule has 0 bridgehead atoms. The van der Waals surface area contributed by atoms with Crippen LogP contribution in [0.2, 0.25) is 10.0 Å². The lowest BCUT2D eigenvalue weighted by Gasteiger charge is -2.34. The van der Waals surface area contributed by atoms with E-state index in [9.17, 15) is 4.79 Å². The molecule has 7 heteroatoms. The number of amides is 1. The summed E-state index contributed by atoms with van der Waals surface area (Å²) in [7, 11) is 0. The summed E-state index contributed by atoms with van der Waals surface area (Å²) in [4.78, 5) is 18.5. The van der Waals surface area contributed by atoms with Gasteiger partial charge < -0.3 is 14.6 Å². The zero-order chi connectivity index (χ0) is 17.1. The molecule has 2 heterocycles. The molecule has 1 aliphatic heterocycles. The summed E-state index contributed by atoms with van der Waals surface area (Å²) in [6.45, 7) is 4.48. The van der Waals surface area contributed by atoms with Gasteiger partial charge in [-0.1, -0.05) is 23.2 Å². The summed E-state index contributed by atoms with van der Waals surface area (Å²) >= 11 is 12.1. The lowest BCUT2D eigenvalue weighted by molar-refractivity contribution is -0.134. The molecule has 1 saturated heterocycles. The number of nitrogens with zero attached hydrogens (tertiary/aromatic N) is 2. The number of carbonyl (C=O) groups excluding carboxylic acids is 1. The van der Waals surface area contributed by atoms with Gasteiger partial charge in [-0.25, -0.2) is 4.98 Å². The number of hydrogen-bond donors (Lipinski definition) is 1. The molecule has 1 amide bonds. The van der Waals surface area contributed by atoms with E-state index in [-0.39, 0.29) is 11.9 Å². The fraction of sp³-hybridized carbons (Fsp3) is 0.412. The maximum Gasteiger partial charge on any atom is 0.223 e. The number of piperazine rings is 1. The Morgan fingerprint density at radius 1 is 1.46 bits per heavy atom. The Kier molecular flexibility index (Phi) is 5.43. The number of carbonyl (C=O) groups is 1. The molecule has 1 aromatic carbocycles. The van der Waals surface area contributed by atoms with Gasteiger partial charge in [-0.05, 0) is 25.1 Å². The molecule has 0 saturated carbocycles. The van der Waals surface area contributed by atoms with Crippen LogP contribution in [0, 0.1) is 0 Å². The number of aromatic nitrogens is 1. The van der Waals surface area contributed by atoms with Crippen molar-refractivity contribution in [3.05, 3.63) is 40.3 Å². The van der Waals surface area contributed by atoms with Crippen LogP contribution in [-0.2, 0) is 11.2 Å². The maximum atomic E-state index is 12.3. The van der Waals surface area contributed by atoms with Crippen LogP contribution in [0.1, 0.15) is 19.2 Å². The quantitative estimate of drug-likeness (QED) is 0.899. The maximum absolute atomic E-state index is 12.3. The Bertz CT molecular complexity index is 732. The molecule has 1 fully saturated rings. The van der Waals surface area contributed by atoms with Crippen molar-refractivity contribution < 1.29 is 9.21 Å². The van der Waals surface area contributed by atoms with E-state index in [1.165, 1.54) is 0 Å². The summed E-state index contributed by atoms with van der Waals surface area (Å²) in [6, 6.07) is 5.43. The lowest BCUT2D eigenvalue weighted by atomic mass is 10.2. The van der Waals surface area contributed by atoms with Crippen LogP contribution >= 0.6 is 23.2 Å². The third-order valence-corrected chi connectivity index (χ3v) is 4.67. The van der Waals surface area contributed by atoms with E-state index in [0.717, 1.165) is 25.2 Å². The number of oxazole rings is 1. The number of aryl methyl sites for hydroxylation is 1. The molecular weight excluding hydrogens is 349 g/mol. The molecule has 5 nitrogen and oxygen atoms in total. The van der Waals surface area contributed by atoms with Crippen molar-refractivity contribution in [1.82, 2.24) is 15.2 Å². The molecule has 0 spiro atoms. The van der Waals surface area contributed by atoms with Crippen molar-refractivity contribution in [2.24, 2.45) is 0 Å². The first-order valence-electron chi connectivity index (χ1n) is 7.95. The Balaban J connectivity index is 1.63. The molecule has 1 unspecified atom stereocenters. The van der Waals surface area contributed by atoms with Gasteiger partial charge in [-0.15, -0.1) is 0 Å². The highest BCUT2D eigenvalue weighted by atomic mass is 35.5. The van der Waals surface area contributed by atoms with Crippen LogP contribution in [-0.4, -0.2) is 41.5 Å². The third-order valence-electron chi connectivity index (χ3n) is 4.12. The van der Waals surface area contributed by atoms with Gasteiger partial charge >= 0.3 is 0 Å². The summed E-state index contributed by atoms with van der Waals surface area (Å²) < 4.78 is 5.73. The Morgan fingerprint density at radius 3 is 3.04 bits per heavy atom. The number of nitrogens with one attached hydrogen (secondary N) is 1. The second-order valence-corrected chi connectivity index (χ2v) is 6.73. The number of rotatable bonds is 4. The average Bonchev–Trinajstić information content (AvgIpc) is 3.01. The minimum Gasteiger partial charge on any atom is -0.441 e. The van der Waals surface area contributed by atoms with E-state index < -0.39 is 0 Å². The lowest BCUT2D eigenvalue weighted by Crippen LogP contribution is -2.52. The van der Waals surface area contributed by atoms with Crippen LogP contribution in [0.4, 0.5) is 0 Å². The van der Waals surface area contributed by atoms with E-state index in [4.69, 9.17) is 27.6 Å². The van der Waals surface area contributed by atoms with Crippen molar-refractivity contribution in [3.63, 3.8) is 0 Å². The van der Waals surface area contributed by atoms with Crippen LogP contribution < -0.4 is 5.32 Å². The number of benzene rings is 1. The molecule has 1 aromatic heterocycles. The van der Waals surface area contributed by atoms with E-state index in [1.54, 1.807) is 24.4 Å². The first kappa shape index (κ1) is 17.3. The largest absolute Gasteiger partial charge is 0.441 e. The van der Waals surface area contributed by atoms with Crippen LogP contribution in [0.15, 0.2) is 28.8 Å². The fourth-order valence-corrected chi connectivity index (χ4v) is 3.31. The number of hydrogen-bond acceptors (Lipinski definition) is 4. The molecule has 0 aliphatic carbocycles. The average molecular weight is 368 g/mol. The summed E-state index contributed by atoms with van der Waals surface area (Å²) in [5.74, 6) is 1.25. The monoisotopic (exact) mass is 367 g/mol. The van der Waals surface area contributed by atoms with Gasteiger partial charge in [-0.2, -0.15) is 0 Å². The zero-order valence-corrected chi connectivity index (χ0v) is 14.9. The Hall–Kier alpha value is -1.56. The SMILES string of the molecule is CC1CNCCN1C(=O)CCc1ncc(-c2ccc(Cl)cc2Cl)o1. The minimum atomic E-state index is 0.133. The van der Waals surface area contributed by atoms with Gasteiger partial charge in [-0.3, -0.25) is 4.79 Å². The van der Waals surface area contributed by atoms with Gasteiger partial charge in [0.25, 0.3) is 0 Å². The van der Waals surface area contributed by atoms with Crippen molar-refractivity contribution >= 4 is 29.1 Å². The molecule has 2 aromatic rings. The van der Waals surface area contributed by atoms with E-state index in [2.05, 4.69) is 17.2 Å². The molecule has 1 atom stereocenters. The van der Waals surface area contributed by atoms with Gasteiger partial charge in [0.2, 0.25) is 5.91 Å². The molecule has 1 N–H and O–H groups in total. The molecule has 3 rings (SSSR count). The van der Waals surface area contributed by atoms with Gasteiger partial charge in [0.15, 0.2) is 11.7 Å². The van der Waals surface area contributed by atoms with Crippen LogP contribution in [0.3, 0.4) is 0 Å². The minimum absolute atomic E-state index is 0.133. The first-order valence-corrected chi connectivity index (χ1v) is 8.70. The van der Waals surface area contributed by atoms with Crippen LogP contribution in [0.25, 0.3) is 11.3 Å². The second kappa shape index (κ2) is 7.55. The molecule has 0 radical (unpaired) electrons. The highest BCUT2D eigenvalue weighted by Crippen LogP contribution is 2.30. The topological polar surface area (TPSA) is 58.4 Å². The number of halogens is 2. The second-order valence-electron chi connectivity index (χ2n) is 5.88. The smallest absolute Gasteiger partial charge is 0.223 e.